The lowest BCUT2D eigenvalue weighted by Gasteiger charge is -2.36. The van der Waals surface area contributed by atoms with Gasteiger partial charge in [0.05, 0.1) is 9.82 Å². The molecule has 5 aromatic rings. The summed E-state index contributed by atoms with van der Waals surface area (Å²) in [6.07, 6.45) is 0.709. The van der Waals surface area contributed by atoms with Gasteiger partial charge in [-0.05, 0) is 98.2 Å². The van der Waals surface area contributed by atoms with E-state index < -0.39 is 20.9 Å². The van der Waals surface area contributed by atoms with Crippen LogP contribution in [0.5, 0.6) is 0 Å². The average Bonchev–Trinajstić information content (AvgIpc) is 3.72. The van der Waals surface area contributed by atoms with Crippen molar-refractivity contribution in [3.8, 4) is 10.4 Å². The first-order valence-corrected chi connectivity index (χ1v) is 21.0. The highest BCUT2D eigenvalue weighted by Crippen LogP contribution is 2.31. The van der Waals surface area contributed by atoms with Crippen molar-refractivity contribution in [2.45, 2.75) is 28.8 Å². The van der Waals surface area contributed by atoms with Crippen LogP contribution < -0.4 is 14.9 Å². The largest absolute Gasteiger partial charge is 0.376 e. The summed E-state index contributed by atoms with van der Waals surface area (Å²) in [6.45, 7) is 5.00. The molecule has 0 spiro atoms. The molecule has 0 radical (unpaired) electrons. The fourth-order valence-electron chi connectivity index (χ4n) is 6.30. The maximum absolute atomic E-state index is 13.3. The molecule has 11 nitrogen and oxygen atoms in total. The van der Waals surface area contributed by atoms with E-state index in [1.165, 1.54) is 28.1 Å². The van der Waals surface area contributed by atoms with Crippen LogP contribution in [-0.2, 0) is 16.6 Å². The van der Waals surface area contributed by atoms with E-state index in [-0.39, 0.29) is 27.9 Å². The van der Waals surface area contributed by atoms with Crippen molar-refractivity contribution in [3.05, 3.63) is 136 Å². The molecule has 1 amide bonds. The number of amides is 1. The maximum Gasteiger partial charge on any atom is 0.293 e. The van der Waals surface area contributed by atoms with Crippen molar-refractivity contribution < 1.29 is 18.1 Å². The predicted octanol–water partition coefficient (Wildman–Crippen LogP) is 7.29. The lowest BCUT2D eigenvalue weighted by atomic mass is 10.1. The summed E-state index contributed by atoms with van der Waals surface area (Å²) < 4.78 is 28.7. The van der Waals surface area contributed by atoms with Crippen LogP contribution in [0.1, 0.15) is 22.3 Å². The first kappa shape index (κ1) is 39.0. The van der Waals surface area contributed by atoms with Crippen molar-refractivity contribution in [1.82, 2.24) is 14.5 Å². The Labute approximate surface area is 325 Å². The van der Waals surface area contributed by atoms with Crippen molar-refractivity contribution in [1.29, 1.82) is 0 Å². The minimum Gasteiger partial charge on any atom is -0.376 e. The zero-order valence-corrected chi connectivity index (χ0v) is 32.7. The number of hydrogen-bond acceptors (Lipinski definition) is 11. The number of nitrogens with zero attached hydrogens (tertiary/aromatic N) is 4. The number of rotatable bonds is 16. The smallest absolute Gasteiger partial charge is 0.293 e. The van der Waals surface area contributed by atoms with E-state index in [1.807, 2.05) is 61.5 Å². The molecule has 2 N–H and O–H groups in total. The third-order valence-electron chi connectivity index (χ3n) is 9.25. The average molecular weight is 785 g/mol. The molecule has 0 bridgehead atoms. The van der Waals surface area contributed by atoms with E-state index in [2.05, 4.69) is 61.6 Å². The molecule has 1 aliphatic heterocycles. The summed E-state index contributed by atoms with van der Waals surface area (Å²) in [5.74, 6) is -0.173. The predicted molar refractivity (Wildman–Crippen MR) is 219 cm³/mol. The Balaban J connectivity index is 1.06. The Kier molecular flexibility index (Phi) is 13.0. The van der Waals surface area contributed by atoms with Crippen LogP contribution in [-0.4, -0.2) is 87.7 Å². The standard InChI is InChI=1S/C40H44N6O5S3/c1-43(2)21-20-32(29-53-34-10-4-3-5-11-34)41-37-19-18-35(27-38(37)46(48)49)54(50,51)42-40(47)30-14-16-33(17-15-30)45-24-22-44(23-25-45)28-31-9-6-7-12-36(31)39-13-8-26-52-39/h3-19,26-27,32,41H,20-25,28-29H2,1-2H3,(H,42,47)/t32-/m1/s1. The molecule has 0 unspecified atom stereocenters. The van der Waals surface area contributed by atoms with Gasteiger partial charge in [0.2, 0.25) is 0 Å². The molecular weight excluding hydrogens is 741 g/mol. The number of nitro groups is 1. The lowest BCUT2D eigenvalue weighted by molar-refractivity contribution is -0.384. The van der Waals surface area contributed by atoms with E-state index in [0.29, 0.717) is 12.2 Å². The Bertz CT molecular complexity index is 2120. The number of benzene rings is 4. The number of piperazine rings is 1. The summed E-state index contributed by atoms with van der Waals surface area (Å²) in [7, 11) is -0.493. The van der Waals surface area contributed by atoms with Crippen LogP contribution in [0.2, 0.25) is 0 Å². The van der Waals surface area contributed by atoms with Gasteiger partial charge in [0.1, 0.15) is 5.69 Å². The Morgan fingerprint density at radius 3 is 2.33 bits per heavy atom. The van der Waals surface area contributed by atoms with E-state index in [1.54, 1.807) is 35.2 Å². The van der Waals surface area contributed by atoms with Crippen molar-refractivity contribution in [2.24, 2.45) is 0 Å². The molecule has 1 atom stereocenters. The first-order chi connectivity index (χ1) is 26.1. The van der Waals surface area contributed by atoms with Crippen LogP contribution in [0, 0.1) is 10.1 Å². The van der Waals surface area contributed by atoms with Crippen LogP contribution in [0.15, 0.2) is 124 Å². The van der Waals surface area contributed by atoms with E-state index in [9.17, 15) is 23.3 Å². The van der Waals surface area contributed by atoms with Crippen LogP contribution in [0.25, 0.3) is 10.4 Å². The number of thioether (sulfide) groups is 1. The van der Waals surface area contributed by atoms with E-state index in [4.69, 9.17) is 0 Å². The van der Waals surface area contributed by atoms with E-state index >= 15 is 0 Å². The Morgan fingerprint density at radius 2 is 1.65 bits per heavy atom. The second kappa shape index (κ2) is 18.1. The van der Waals surface area contributed by atoms with Crippen LogP contribution >= 0.6 is 23.1 Å². The van der Waals surface area contributed by atoms with Gasteiger partial charge in [-0.25, -0.2) is 13.1 Å². The van der Waals surface area contributed by atoms with Gasteiger partial charge < -0.3 is 15.1 Å². The third kappa shape index (κ3) is 10.3. The monoisotopic (exact) mass is 784 g/mol. The summed E-state index contributed by atoms with van der Waals surface area (Å²) >= 11 is 3.38. The van der Waals surface area contributed by atoms with Gasteiger partial charge in [0.25, 0.3) is 21.6 Å². The number of carbonyl (C=O) groups is 1. The molecule has 14 heteroatoms. The number of sulfonamides is 1. The molecule has 1 saturated heterocycles. The second-order valence-corrected chi connectivity index (χ2v) is 17.1. The number of carbonyl (C=O) groups excluding carboxylic acids is 1. The topological polar surface area (TPSA) is 128 Å². The van der Waals surface area contributed by atoms with Gasteiger partial charge in [-0.15, -0.1) is 23.1 Å². The van der Waals surface area contributed by atoms with Gasteiger partial charge >= 0.3 is 0 Å². The number of thiophene rings is 1. The fourth-order valence-corrected chi connectivity index (χ4v) is 9.07. The molecule has 1 fully saturated rings. The van der Waals surface area contributed by atoms with Gasteiger partial charge in [-0.1, -0.05) is 48.5 Å². The van der Waals surface area contributed by atoms with Crippen LogP contribution in [0.4, 0.5) is 17.1 Å². The normalized spacial score (nSPS) is 14.2. The van der Waals surface area contributed by atoms with Gasteiger partial charge in [0.15, 0.2) is 0 Å². The zero-order valence-electron chi connectivity index (χ0n) is 30.3. The van der Waals surface area contributed by atoms with E-state index in [0.717, 1.165) is 55.9 Å². The molecule has 282 valence electrons. The number of nitro benzene ring substituents is 1. The minimum absolute atomic E-state index is 0.135. The molecule has 1 aliphatic rings. The van der Waals surface area contributed by atoms with Crippen molar-refractivity contribution in [2.75, 3.05) is 62.8 Å². The minimum atomic E-state index is -4.41. The SMILES string of the molecule is CN(C)CC[C@H](CSc1ccccc1)Nc1ccc(S(=O)(=O)NC(=O)c2ccc(N3CCN(Cc4ccccc4-c4cccs4)CC3)cc2)cc1[N+](=O)[O-]. The third-order valence-corrected chi connectivity index (χ3v) is 12.7. The maximum atomic E-state index is 13.3. The molecule has 2 heterocycles. The first-order valence-electron chi connectivity index (χ1n) is 17.7. The molecule has 1 aromatic heterocycles. The second-order valence-electron chi connectivity index (χ2n) is 13.4. The highest BCUT2D eigenvalue weighted by atomic mass is 32.2. The number of anilines is 2. The molecule has 0 aliphatic carbocycles. The Hall–Kier alpha value is -4.73. The number of nitrogens with one attached hydrogen (secondary N) is 2. The number of hydrogen-bond donors (Lipinski definition) is 2. The van der Waals surface area contributed by atoms with Gasteiger partial charge in [0, 0.05) is 71.6 Å². The summed E-state index contributed by atoms with van der Waals surface area (Å²) in [6, 6.07) is 33.0. The lowest BCUT2D eigenvalue weighted by Crippen LogP contribution is -2.46. The molecule has 6 rings (SSSR count). The van der Waals surface area contributed by atoms with Crippen molar-refractivity contribution >= 4 is 56.1 Å². The molecule has 0 saturated carbocycles. The molecular formula is C40H44N6O5S3. The highest BCUT2D eigenvalue weighted by molar-refractivity contribution is 7.99. The summed E-state index contributed by atoms with van der Waals surface area (Å²) in [5, 5.41) is 17.5. The summed E-state index contributed by atoms with van der Waals surface area (Å²) in [5.41, 5.74) is 3.51. The zero-order chi connectivity index (χ0) is 38.1. The van der Waals surface area contributed by atoms with Crippen LogP contribution in [0.3, 0.4) is 0 Å². The van der Waals surface area contributed by atoms with Gasteiger partial charge in [-0.2, -0.15) is 0 Å². The highest BCUT2D eigenvalue weighted by Gasteiger charge is 2.26. The summed E-state index contributed by atoms with van der Waals surface area (Å²) in [4.78, 5) is 33.4. The van der Waals surface area contributed by atoms with Gasteiger partial charge in [-0.3, -0.25) is 19.8 Å². The molecule has 54 heavy (non-hydrogen) atoms. The Morgan fingerprint density at radius 1 is 0.926 bits per heavy atom. The quantitative estimate of drug-likeness (QED) is 0.0599. The fraction of sp³-hybridized carbons (Fsp3) is 0.275. The molecule has 4 aromatic carbocycles. The van der Waals surface area contributed by atoms with Crippen molar-refractivity contribution in [3.63, 3.8) is 0 Å².